The van der Waals surface area contributed by atoms with Gasteiger partial charge in [0, 0.05) is 19.2 Å². The van der Waals surface area contributed by atoms with Gasteiger partial charge in [-0.05, 0) is 61.9 Å². The molecule has 31 heavy (non-hydrogen) atoms. The summed E-state index contributed by atoms with van der Waals surface area (Å²) in [6.45, 7) is 3.83. The fraction of sp³-hybridized carbons (Fsp3) is 0.458. The minimum absolute atomic E-state index is 0. The number of likely N-dealkylation sites (tertiary alicyclic amines) is 1. The number of aliphatic hydroxyl groups excluding tert-OH is 1. The maximum absolute atomic E-state index is 12.5. The summed E-state index contributed by atoms with van der Waals surface area (Å²) < 4.78 is 11.8. The van der Waals surface area contributed by atoms with E-state index in [1.807, 2.05) is 29.6 Å². The molecule has 0 atom stereocenters. The predicted molar refractivity (Wildman–Crippen MR) is 129 cm³/mol. The van der Waals surface area contributed by atoms with E-state index in [0.29, 0.717) is 29.1 Å². The average molecular weight is 464 g/mol. The summed E-state index contributed by atoms with van der Waals surface area (Å²) in [6, 6.07) is 10.9. The van der Waals surface area contributed by atoms with Crippen LogP contribution in [0, 0.1) is 0 Å². The second kappa shape index (κ2) is 11.7. The molecule has 1 aliphatic rings. The Morgan fingerprint density at radius 3 is 2.68 bits per heavy atom. The van der Waals surface area contributed by atoms with Crippen LogP contribution in [0.25, 0.3) is 21.6 Å². The third kappa shape index (κ3) is 6.56. The molecule has 0 aliphatic carbocycles. The topological polar surface area (TPSA) is 62.9 Å². The number of nitrogens with zero attached hydrogens (tertiary/aromatic N) is 1. The quantitative estimate of drug-likeness (QED) is 0.434. The number of fused-ring (bicyclic) bond motifs is 1. The van der Waals surface area contributed by atoms with E-state index < -0.39 is 0 Å². The highest BCUT2D eigenvalue weighted by Gasteiger charge is 2.16. The van der Waals surface area contributed by atoms with Crippen molar-refractivity contribution in [2.24, 2.45) is 0 Å². The normalized spacial score (nSPS) is 15.1. The van der Waals surface area contributed by atoms with Crippen molar-refractivity contribution in [1.29, 1.82) is 0 Å². The number of hydrogen-bond acceptors (Lipinski definition) is 6. The number of aliphatic hydroxyl groups is 1. The SMILES string of the molecule is Cl.O=c1cc(-c2cccs2)oc2ccc(OCCCCCCN3CCC(O)CC3)cc12. The number of thiophene rings is 1. The maximum Gasteiger partial charge on any atom is 0.193 e. The third-order valence-corrected chi connectivity index (χ3v) is 6.54. The molecule has 0 amide bonds. The number of rotatable bonds is 9. The van der Waals surface area contributed by atoms with Crippen molar-refractivity contribution in [2.75, 3.05) is 26.2 Å². The molecule has 1 N–H and O–H groups in total. The highest BCUT2D eigenvalue weighted by atomic mass is 35.5. The molecule has 1 aliphatic heterocycles. The minimum atomic E-state index is -0.0945. The lowest BCUT2D eigenvalue weighted by atomic mass is 10.1. The van der Waals surface area contributed by atoms with Gasteiger partial charge in [0.15, 0.2) is 5.43 Å². The van der Waals surface area contributed by atoms with Crippen LogP contribution >= 0.6 is 23.7 Å². The van der Waals surface area contributed by atoms with Gasteiger partial charge in [0.05, 0.1) is 23.0 Å². The first kappa shape index (κ1) is 23.8. The fourth-order valence-electron chi connectivity index (χ4n) is 3.89. The van der Waals surface area contributed by atoms with Crippen LogP contribution in [0.5, 0.6) is 5.75 Å². The summed E-state index contributed by atoms with van der Waals surface area (Å²) in [6.07, 6.45) is 6.25. The van der Waals surface area contributed by atoms with Crippen LogP contribution in [0.15, 0.2) is 51.0 Å². The van der Waals surface area contributed by atoms with E-state index in [1.165, 1.54) is 12.8 Å². The van der Waals surface area contributed by atoms with Crippen molar-refractivity contribution in [3.8, 4) is 16.4 Å². The number of ether oxygens (including phenoxy) is 1. The van der Waals surface area contributed by atoms with Crippen molar-refractivity contribution >= 4 is 34.7 Å². The maximum atomic E-state index is 12.5. The number of benzene rings is 1. The van der Waals surface area contributed by atoms with Gasteiger partial charge in [-0.15, -0.1) is 23.7 Å². The van der Waals surface area contributed by atoms with E-state index in [0.717, 1.165) is 50.2 Å². The second-order valence-electron chi connectivity index (χ2n) is 7.95. The molecule has 168 valence electrons. The van der Waals surface area contributed by atoms with Gasteiger partial charge in [-0.2, -0.15) is 0 Å². The first-order chi connectivity index (χ1) is 14.7. The van der Waals surface area contributed by atoms with Crippen LogP contribution in [0.1, 0.15) is 38.5 Å². The van der Waals surface area contributed by atoms with Crippen LogP contribution in [-0.4, -0.2) is 42.4 Å². The zero-order valence-electron chi connectivity index (χ0n) is 17.6. The summed E-state index contributed by atoms with van der Waals surface area (Å²) in [4.78, 5) is 15.9. The molecule has 7 heteroatoms. The van der Waals surface area contributed by atoms with Crippen LogP contribution in [-0.2, 0) is 0 Å². The van der Waals surface area contributed by atoms with E-state index in [2.05, 4.69) is 4.90 Å². The number of unbranched alkanes of at least 4 members (excludes halogenated alkanes) is 3. The Bertz CT molecular complexity index is 996. The molecule has 1 fully saturated rings. The summed E-state index contributed by atoms with van der Waals surface area (Å²) in [5.74, 6) is 1.32. The summed E-state index contributed by atoms with van der Waals surface area (Å²) in [7, 11) is 0. The lowest BCUT2D eigenvalue weighted by Crippen LogP contribution is -2.36. The minimum Gasteiger partial charge on any atom is -0.494 e. The van der Waals surface area contributed by atoms with Crippen LogP contribution in [0.2, 0.25) is 0 Å². The molecular formula is C24H30ClNO4S. The van der Waals surface area contributed by atoms with Crippen molar-refractivity contribution in [3.05, 3.63) is 52.0 Å². The summed E-state index contributed by atoms with van der Waals surface area (Å²) in [5.41, 5.74) is 0.541. The monoisotopic (exact) mass is 463 g/mol. The van der Waals surface area contributed by atoms with Gasteiger partial charge in [-0.3, -0.25) is 4.79 Å². The highest BCUT2D eigenvalue weighted by Crippen LogP contribution is 2.27. The number of hydrogen-bond donors (Lipinski definition) is 1. The van der Waals surface area contributed by atoms with Gasteiger partial charge in [-0.1, -0.05) is 18.9 Å². The molecule has 0 saturated carbocycles. The Labute approximate surface area is 193 Å². The van der Waals surface area contributed by atoms with Gasteiger partial charge in [0.1, 0.15) is 17.1 Å². The van der Waals surface area contributed by atoms with E-state index in [-0.39, 0.29) is 23.9 Å². The lowest BCUT2D eigenvalue weighted by molar-refractivity contribution is 0.0817. The average Bonchev–Trinajstić information content (AvgIpc) is 3.29. The van der Waals surface area contributed by atoms with Crippen molar-refractivity contribution in [1.82, 2.24) is 4.90 Å². The Hall–Kier alpha value is -1.86. The Balaban J connectivity index is 0.00000272. The van der Waals surface area contributed by atoms with Crippen molar-refractivity contribution in [2.45, 2.75) is 44.6 Å². The summed E-state index contributed by atoms with van der Waals surface area (Å²) >= 11 is 1.55. The largest absolute Gasteiger partial charge is 0.494 e. The zero-order valence-corrected chi connectivity index (χ0v) is 19.3. The Morgan fingerprint density at radius 2 is 1.90 bits per heavy atom. The molecule has 0 spiro atoms. The van der Waals surface area contributed by atoms with Gasteiger partial charge in [0.25, 0.3) is 0 Å². The summed E-state index contributed by atoms with van der Waals surface area (Å²) in [5, 5.41) is 12.1. The standard InChI is InChI=1S/C24H29NO4S.ClH/c26-18-9-12-25(13-10-18)11-3-1-2-4-14-28-19-7-8-22-20(16-19)21(27)17-23(29-22)24-6-5-15-30-24;/h5-8,15-18,26H,1-4,9-14H2;1H. The molecule has 1 saturated heterocycles. The second-order valence-corrected chi connectivity index (χ2v) is 8.89. The van der Waals surface area contributed by atoms with E-state index >= 15 is 0 Å². The molecule has 1 aromatic carbocycles. The molecule has 0 radical (unpaired) electrons. The smallest absolute Gasteiger partial charge is 0.193 e. The fourth-order valence-corrected chi connectivity index (χ4v) is 4.57. The van der Waals surface area contributed by atoms with Gasteiger partial charge >= 0.3 is 0 Å². The van der Waals surface area contributed by atoms with Gasteiger partial charge in [0.2, 0.25) is 0 Å². The number of piperidine rings is 1. The molecule has 0 unspecified atom stereocenters. The van der Waals surface area contributed by atoms with Crippen molar-refractivity contribution < 1.29 is 14.3 Å². The molecule has 0 bridgehead atoms. The molecule has 3 heterocycles. The van der Waals surface area contributed by atoms with E-state index in [4.69, 9.17) is 9.15 Å². The Kier molecular flexibility index (Phi) is 8.96. The van der Waals surface area contributed by atoms with Crippen LogP contribution in [0.4, 0.5) is 0 Å². The first-order valence-corrected chi connectivity index (χ1v) is 11.7. The lowest BCUT2D eigenvalue weighted by Gasteiger charge is -2.29. The molecule has 4 rings (SSSR count). The van der Waals surface area contributed by atoms with Crippen LogP contribution < -0.4 is 10.2 Å². The first-order valence-electron chi connectivity index (χ1n) is 10.8. The van der Waals surface area contributed by atoms with Gasteiger partial charge < -0.3 is 19.2 Å². The molecule has 5 nitrogen and oxygen atoms in total. The molecule has 2 aromatic heterocycles. The molecule has 3 aromatic rings. The number of halogens is 1. The van der Waals surface area contributed by atoms with Gasteiger partial charge in [-0.25, -0.2) is 0 Å². The predicted octanol–water partition coefficient (Wildman–Crippen LogP) is 5.34. The zero-order chi connectivity index (χ0) is 20.8. The van der Waals surface area contributed by atoms with Crippen LogP contribution in [0.3, 0.4) is 0 Å². The third-order valence-electron chi connectivity index (χ3n) is 5.66. The van der Waals surface area contributed by atoms with Crippen molar-refractivity contribution in [3.63, 3.8) is 0 Å². The molecular weight excluding hydrogens is 434 g/mol. The highest BCUT2D eigenvalue weighted by molar-refractivity contribution is 7.13. The van der Waals surface area contributed by atoms with E-state index in [9.17, 15) is 9.90 Å². The Morgan fingerprint density at radius 1 is 1.10 bits per heavy atom. The van der Waals surface area contributed by atoms with E-state index in [1.54, 1.807) is 23.5 Å².